The fourth-order valence-corrected chi connectivity index (χ4v) is 0.976. The van der Waals surface area contributed by atoms with Crippen LogP contribution >= 0.6 is 0 Å². The van der Waals surface area contributed by atoms with Crippen molar-refractivity contribution in [2.45, 2.75) is 0 Å². The minimum atomic E-state index is -1.07. The fourth-order valence-electron chi connectivity index (χ4n) is 0.976. The number of benzene rings is 1. The van der Waals surface area contributed by atoms with Gasteiger partial charge in [-0.05, 0) is 18.1 Å². The molecule has 0 aliphatic carbocycles. The molecule has 5 nitrogen and oxygen atoms in total. The van der Waals surface area contributed by atoms with Gasteiger partial charge in [-0.25, -0.2) is 4.79 Å². The molecule has 0 aliphatic rings. The van der Waals surface area contributed by atoms with Crippen LogP contribution in [0.3, 0.4) is 0 Å². The van der Waals surface area contributed by atoms with E-state index in [4.69, 9.17) is 16.3 Å². The Hall–Kier alpha value is -2.48. The van der Waals surface area contributed by atoms with Gasteiger partial charge in [0, 0.05) is 11.8 Å². The molecule has 16 heavy (non-hydrogen) atoms. The Balaban J connectivity index is 2.68. The highest BCUT2D eigenvalue weighted by Crippen LogP contribution is 2.16. The molecule has 0 bridgehead atoms. The van der Waals surface area contributed by atoms with Crippen molar-refractivity contribution in [3.05, 3.63) is 24.3 Å². The number of amides is 1. The molecule has 0 spiro atoms. The van der Waals surface area contributed by atoms with Gasteiger partial charge in [-0.15, -0.1) is 6.42 Å². The molecule has 0 unspecified atom stereocenters. The van der Waals surface area contributed by atoms with E-state index in [1.54, 1.807) is 18.2 Å². The standard InChI is InChI=1S/C11H9NO4/c1-2-10(13)12-8-4-3-5-9(6-8)16-7-11(14)15/h1,3-6H,7H2,(H,12,13)(H,14,15). The first-order valence-electron chi connectivity index (χ1n) is 4.34. The molecular weight excluding hydrogens is 210 g/mol. The second-order valence-corrected chi connectivity index (χ2v) is 2.81. The number of carboxylic acid groups (broad SMARTS) is 1. The molecule has 0 heterocycles. The number of ether oxygens (including phenoxy) is 1. The Kier molecular flexibility index (Phi) is 3.92. The number of anilines is 1. The van der Waals surface area contributed by atoms with Gasteiger partial charge in [-0.3, -0.25) is 4.79 Å². The normalized spacial score (nSPS) is 8.94. The highest BCUT2D eigenvalue weighted by molar-refractivity contribution is 6.03. The smallest absolute Gasteiger partial charge is 0.341 e. The zero-order chi connectivity index (χ0) is 12.0. The molecule has 0 aliphatic heterocycles. The van der Waals surface area contributed by atoms with Crippen molar-refractivity contribution in [3.63, 3.8) is 0 Å². The van der Waals surface area contributed by atoms with Crippen LogP contribution in [0.25, 0.3) is 0 Å². The van der Waals surface area contributed by atoms with Crippen LogP contribution in [0.15, 0.2) is 24.3 Å². The predicted molar refractivity (Wildman–Crippen MR) is 57.0 cm³/mol. The van der Waals surface area contributed by atoms with Crippen LogP contribution in [-0.4, -0.2) is 23.6 Å². The Morgan fingerprint density at radius 2 is 2.25 bits per heavy atom. The zero-order valence-corrected chi connectivity index (χ0v) is 8.27. The molecular formula is C11H9NO4. The quantitative estimate of drug-likeness (QED) is 0.731. The van der Waals surface area contributed by atoms with Crippen molar-refractivity contribution < 1.29 is 19.4 Å². The number of terminal acetylenes is 1. The summed E-state index contributed by atoms with van der Waals surface area (Å²) in [6, 6.07) is 6.29. The number of carboxylic acids is 1. The Bertz CT molecular complexity index is 448. The topological polar surface area (TPSA) is 75.6 Å². The van der Waals surface area contributed by atoms with E-state index < -0.39 is 18.5 Å². The average Bonchev–Trinajstić information content (AvgIpc) is 2.26. The van der Waals surface area contributed by atoms with Crippen molar-refractivity contribution in [1.29, 1.82) is 0 Å². The largest absolute Gasteiger partial charge is 0.482 e. The van der Waals surface area contributed by atoms with Crippen LogP contribution in [0.1, 0.15) is 0 Å². The maximum Gasteiger partial charge on any atom is 0.341 e. The van der Waals surface area contributed by atoms with Gasteiger partial charge in [0.05, 0.1) is 0 Å². The molecule has 0 saturated carbocycles. The maximum absolute atomic E-state index is 10.9. The molecule has 2 N–H and O–H groups in total. The number of rotatable bonds is 4. The molecule has 1 rings (SSSR count). The SMILES string of the molecule is C#CC(=O)Nc1cccc(OCC(=O)O)c1. The van der Waals surface area contributed by atoms with E-state index in [9.17, 15) is 9.59 Å². The number of hydrogen-bond donors (Lipinski definition) is 2. The first kappa shape index (κ1) is 11.6. The second-order valence-electron chi connectivity index (χ2n) is 2.81. The van der Waals surface area contributed by atoms with E-state index in [0.29, 0.717) is 11.4 Å². The van der Waals surface area contributed by atoms with Gasteiger partial charge in [0.25, 0.3) is 5.91 Å². The van der Waals surface area contributed by atoms with Gasteiger partial charge < -0.3 is 15.2 Å². The van der Waals surface area contributed by atoms with Crippen molar-refractivity contribution in [1.82, 2.24) is 0 Å². The number of aliphatic carboxylic acids is 1. The van der Waals surface area contributed by atoms with E-state index in [2.05, 4.69) is 5.32 Å². The van der Waals surface area contributed by atoms with Gasteiger partial charge in [0.1, 0.15) is 5.75 Å². The summed E-state index contributed by atoms with van der Waals surface area (Å²) >= 11 is 0. The van der Waals surface area contributed by atoms with Crippen LogP contribution in [0.4, 0.5) is 5.69 Å². The lowest BCUT2D eigenvalue weighted by Gasteiger charge is -2.05. The highest BCUT2D eigenvalue weighted by Gasteiger charge is 2.02. The summed E-state index contributed by atoms with van der Waals surface area (Å²) in [6.07, 6.45) is 4.89. The first-order valence-corrected chi connectivity index (χ1v) is 4.34. The fraction of sp³-hybridized carbons (Fsp3) is 0.0909. The van der Waals surface area contributed by atoms with Gasteiger partial charge in [-0.2, -0.15) is 0 Å². The number of nitrogens with one attached hydrogen (secondary N) is 1. The van der Waals surface area contributed by atoms with Gasteiger partial charge in [0.15, 0.2) is 6.61 Å². The summed E-state index contributed by atoms with van der Waals surface area (Å²) in [4.78, 5) is 21.1. The summed E-state index contributed by atoms with van der Waals surface area (Å²) < 4.78 is 4.92. The molecule has 82 valence electrons. The molecule has 5 heteroatoms. The van der Waals surface area contributed by atoms with Gasteiger partial charge in [0.2, 0.25) is 0 Å². The van der Waals surface area contributed by atoms with E-state index in [1.165, 1.54) is 6.07 Å². The Labute approximate surface area is 92.0 Å². The average molecular weight is 219 g/mol. The third kappa shape index (κ3) is 3.72. The third-order valence-electron chi connectivity index (χ3n) is 1.59. The molecule has 0 saturated heterocycles. The lowest BCUT2D eigenvalue weighted by atomic mass is 10.3. The maximum atomic E-state index is 10.9. The summed E-state index contributed by atoms with van der Waals surface area (Å²) in [7, 11) is 0. The minimum Gasteiger partial charge on any atom is -0.482 e. The molecule has 1 aromatic carbocycles. The van der Waals surface area contributed by atoms with E-state index in [1.807, 2.05) is 5.92 Å². The molecule has 0 radical (unpaired) electrons. The zero-order valence-electron chi connectivity index (χ0n) is 8.27. The minimum absolute atomic E-state index is 0.345. The van der Waals surface area contributed by atoms with E-state index in [-0.39, 0.29) is 0 Å². The lowest BCUT2D eigenvalue weighted by Crippen LogP contribution is -2.10. The van der Waals surface area contributed by atoms with Crippen molar-refractivity contribution in [3.8, 4) is 18.1 Å². The molecule has 1 amide bonds. The lowest BCUT2D eigenvalue weighted by molar-refractivity contribution is -0.139. The number of carbonyl (C=O) groups is 2. The predicted octanol–water partition coefficient (Wildman–Crippen LogP) is 0.722. The third-order valence-corrected chi connectivity index (χ3v) is 1.59. The monoisotopic (exact) mass is 219 g/mol. The Morgan fingerprint density at radius 3 is 2.88 bits per heavy atom. The van der Waals surface area contributed by atoms with Crippen LogP contribution in [-0.2, 0) is 9.59 Å². The molecule has 0 fully saturated rings. The molecule has 1 aromatic rings. The van der Waals surface area contributed by atoms with Crippen molar-refractivity contribution in [2.24, 2.45) is 0 Å². The van der Waals surface area contributed by atoms with Gasteiger partial charge in [-0.1, -0.05) is 6.07 Å². The highest BCUT2D eigenvalue weighted by atomic mass is 16.5. The van der Waals surface area contributed by atoms with Gasteiger partial charge >= 0.3 is 5.97 Å². The van der Waals surface area contributed by atoms with Crippen LogP contribution in [0.5, 0.6) is 5.75 Å². The van der Waals surface area contributed by atoms with Crippen LogP contribution < -0.4 is 10.1 Å². The molecule has 0 atom stereocenters. The van der Waals surface area contributed by atoms with Crippen molar-refractivity contribution in [2.75, 3.05) is 11.9 Å². The van der Waals surface area contributed by atoms with E-state index in [0.717, 1.165) is 0 Å². The summed E-state index contributed by atoms with van der Waals surface area (Å²) in [5.41, 5.74) is 0.450. The van der Waals surface area contributed by atoms with Crippen molar-refractivity contribution >= 4 is 17.6 Å². The van der Waals surface area contributed by atoms with Crippen LogP contribution in [0.2, 0.25) is 0 Å². The Morgan fingerprint density at radius 1 is 1.50 bits per heavy atom. The number of hydrogen-bond acceptors (Lipinski definition) is 3. The summed E-state index contributed by atoms with van der Waals surface area (Å²) in [5.74, 6) is 0.598. The van der Waals surface area contributed by atoms with Crippen LogP contribution in [0, 0.1) is 12.3 Å². The summed E-state index contributed by atoms with van der Waals surface area (Å²) in [6.45, 7) is -0.438. The van der Waals surface area contributed by atoms with E-state index >= 15 is 0 Å². The second kappa shape index (κ2) is 5.41. The first-order chi connectivity index (χ1) is 7.61. The molecule has 0 aromatic heterocycles. The summed E-state index contributed by atoms with van der Waals surface area (Å²) in [5, 5.41) is 10.8. The number of carbonyl (C=O) groups excluding carboxylic acids is 1.